The van der Waals surface area contributed by atoms with Gasteiger partial charge in [-0.2, -0.15) is 0 Å². The molecule has 1 aromatic carbocycles. The lowest BCUT2D eigenvalue weighted by molar-refractivity contribution is 0.0389. The molecule has 154 valence electrons. The third kappa shape index (κ3) is 3.51. The zero-order chi connectivity index (χ0) is 20.7. The molecule has 7 nitrogen and oxygen atoms in total. The van der Waals surface area contributed by atoms with Crippen LogP contribution in [0.1, 0.15) is 22.8 Å². The Morgan fingerprint density at radius 2 is 1.83 bits per heavy atom. The van der Waals surface area contributed by atoms with Crippen molar-refractivity contribution in [1.29, 1.82) is 0 Å². The number of anilines is 1. The first kappa shape index (κ1) is 19.0. The van der Waals surface area contributed by atoms with Gasteiger partial charge >= 0.3 is 0 Å². The highest BCUT2D eigenvalue weighted by Gasteiger charge is 2.26. The molecule has 2 aliphatic heterocycles. The lowest BCUT2D eigenvalue weighted by atomic mass is 10.0. The van der Waals surface area contributed by atoms with Crippen LogP contribution in [0.5, 0.6) is 0 Å². The summed E-state index contributed by atoms with van der Waals surface area (Å²) in [5.41, 5.74) is 5.43. The van der Waals surface area contributed by atoms with E-state index in [9.17, 15) is 4.79 Å². The first-order valence-corrected chi connectivity index (χ1v) is 10.2. The number of morpholine rings is 1. The van der Waals surface area contributed by atoms with E-state index in [0.717, 1.165) is 18.7 Å². The van der Waals surface area contributed by atoms with Gasteiger partial charge in [0.2, 0.25) is 5.95 Å². The summed E-state index contributed by atoms with van der Waals surface area (Å²) in [5, 5.41) is 0. The quantitative estimate of drug-likeness (QED) is 0.669. The smallest absolute Gasteiger partial charge is 0.255 e. The van der Waals surface area contributed by atoms with Crippen molar-refractivity contribution < 1.29 is 4.74 Å². The zero-order valence-electron chi connectivity index (χ0n) is 17.3. The van der Waals surface area contributed by atoms with Crippen molar-refractivity contribution in [3.05, 3.63) is 75.8 Å². The number of fused-ring (bicyclic) bond motifs is 1. The van der Waals surface area contributed by atoms with Gasteiger partial charge in [-0.25, -0.2) is 4.98 Å². The molecule has 3 aromatic rings. The molecule has 0 spiro atoms. The molecule has 30 heavy (non-hydrogen) atoms. The molecule has 1 saturated heterocycles. The molecule has 0 aliphatic carbocycles. The zero-order valence-corrected chi connectivity index (χ0v) is 17.3. The van der Waals surface area contributed by atoms with Crippen LogP contribution in [0.3, 0.4) is 0 Å². The number of aromatic nitrogens is 3. The van der Waals surface area contributed by atoms with Gasteiger partial charge in [0, 0.05) is 50.7 Å². The molecule has 7 heteroatoms. The summed E-state index contributed by atoms with van der Waals surface area (Å²) in [6.07, 6.45) is 3.38. The van der Waals surface area contributed by atoms with Gasteiger partial charge in [0.1, 0.15) is 6.10 Å². The number of ether oxygens (including phenoxy) is 1. The summed E-state index contributed by atoms with van der Waals surface area (Å²) in [4.78, 5) is 26.0. The minimum absolute atomic E-state index is 0.0450. The molecule has 5 rings (SSSR count). The molecular formula is C23H25N5O2. The van der Waals surface area contributed by atoms with E-state index in [4.69, 9.17) is 9.72 Å². The maximum Gasteiger partial charge on any atom is 0.255 e. The fraction of sp³-hybridized carbons (Fsp3) is 0.348. The standard InChI is InChI=1S/C23H25N5O2/c1-26-13-18-4-3-17(11-19(18)14-26)21-15-28(9-10-30-21)23-25-20(12-22(29)27(23)2)16-5-7-24-8-6-16/h3-8,11-12,21H,9-10,13-15H2,1-2H3. The van der Waals surface area contributed by atoms with Gasteiger partial charge in [-0.1, -0.05) is 18.2 Å². The lowest BCUT2D eigenvalue weighted by Gasteiger charge is -2.34. The Balaban J connectivity index is 1.45. The second kappa shape index (κ2) is 7.66. The summed E-state index contributed by atoms with van der Waals surface area (Å²) in [6, 6.07) is 12.0. The van der Waals surface area contributed by atoms with Crippen molar-refractivity contribution in [3.8, 4) is 11.3 Å². The van der Waals surface area contributed by atoms with E-state index in [0.29, 0.717) is 31.3 Å². The normalized spacial score (nSPS) is 19.1. The molecule has 4 heterocycles. The highest BCUT2D eigenvalue weighted by Crippen LogP contribution is 2.30. The van der Waals surface area contributed by atoms with Crippen LogP contribution in [-0.4, -0.2) is 46.2 Å². The van der Waals surface area contributed by atoms with Gasteiger partial charge in [-0.15, -0.1) is 0 Å². The van der Waals surface area contributed by atoms with Crippen molar-refractivity contribution in [2.45, 2.75) is 19.2 Å². The van der Waals surface area contributed by atoms with Crippen molar-refractivity contribution >= 4 is 5.95 Å². The van der Waals surface area contributed by atoms with Gasteiger partial charge < -0.3 is 9.64 Å². The molecule has 0 bridgehead atoms. The van der Waals surface area contributed by atoms with Crippen molar-refractivity contribution in [2.24, 2.45) is 7.05 Å². The van der Waals surface area contributed by atoms with E-state index in [2.05, 4.69) is 40.0 Å². The average molecular weight is 403 g/mol. The van der Waals surface area contributed by atoms with Gasteiger partial charge in [-0.05, 0) is 35.9 Å². The maximum absolute atomic E-state index is 12.6. The Labute approximate surface area is 175 Å². The van der Waals surface area contributed by atoms with E-state index in [-0.39, 0.29) is 11.7 Å². The summed E-state index contributed by atoms with van der Waals surface area (Å²) < 4.78 is 7.72. The van der Waals surface area contributed by atoms with Gasteiger partial charge in [0.15, 0.2) is 0 Å². The summed E-state index contributed by atoms with van der Waals surface area (Å²) in [5.74, 6) is 0.670. The second-order valence-electron chi connectivity index (χ2n) is 8.08. The van der Waals surface area contributed by atoms with Crippen LogP contribution in [-0.2, 0) is 24.9 Å². The SMILES string of the molecule is CN1Cc2ccc(C3CN(c4nc(-c5ccncc5)cc(=O)n4C)CCO3)cc2C1. The van der Waals surface area contributed by atoms with E-state index in [1.807, 2.05) is 12.1 Å². The summed E-state index contributed by atoms with van der Waals surface area (Å²) in [6.45, 7) is 3.93. The van der Waals surface area contributed by atoms with Gasteiger partial charge in [0.25, 0.3) is 5.56 Å². The molecule has 1 atom stereocenters. The Kier molecular flexibility index (Phi) is 4.84. The molecule has 2 aromatic heterocycles. The first-order valence-electron chi connectivity index (χ1n) is 10.2. The van der Waals surface area contributed by atoms with E-state index >= 15 is 0 Å². The fourth-order valence-corrected chi connectivity index (χ4v) is 4.30. The molecule has 1 unspecified atom stereocenters. The fourth-order valence-electron chi connectivity index (χ4n) is 4.30. The number of benzene rings is 1. The summed E-state index contributed by atoms with van der Waals surface area (Å²) in [7, 11) is 3.91. The Morgan fingerprint density at radius 3 is 2.67 bits per heavy atom. The molecular weight excluding hydrogens is 378 g/mol. The first-order chi connectivity index (χ1) is 14.6. The van der Waals surface area contributed by atoms with Crippen LogP contribution < -0.4 is 10.5 Å². The Hall–Kier alpha value is -3.03. The van der Waals surface area contributed by atoms with Gasteiger partial charge in [0.05, 0.1) is 18.8 Å². The number of hydrogen-bond donors (Lipinski definition) is 0. The maximum atomic E-state index is 12.6. The Bertz CT molecular complexity index is 1130. The monoisotopic (exact) mass is 403 g/mol. The Morgan fingerprint density at radius 1 is 1.03 bits per heavy atom. The van der Waals surface area contributed by atoms with Crippen molar-refractivity contribution in [1.82, 2.24) is 19.4 Å². The van der Waals surface area contributed by atoms with Crippen LogP contribution in [0.25, 0.3) is 11.3 Å². The van der Waals surface area contributed by atoms with Crippen molar-refractivity contribution in [3.63, 3.8) is 0 Å². The van der Waals surface area contributed by atoms with Crippen LogP contribution in [0.2, 0.25) is 0 Å². The van der Waals surface area contributed by atoms with Crippen LogP contribution in [0.15, 0.2) is 53.6 Å². The number of nitrogens with zero attached hydrogens (tertiary/aromatic N) is 5. The molecule has 0 N–H and O–H groups in total. The number of rotatable bonds is 3. The average Bonchev–Trinajstić information content (AvgIpc) is 3.15. The van der Waals surface area contributed by atoms with E-state index in [1.54, 1.807) is 30.1 Å². The molecule has 1 fully saturated rings. The predicted molar refractivity (Wildman–Crippen MR) is 115 cm³/mol. The molecule has 0 saturated carbocycles. The molecule has 2 aliphatic rings. The molecule has 0 radical (unpaired) electrons. The van der Waals surface area contributed by atoms with Crippen LogP contribution in [0, 0.1) is 0 Å². The second-order valence-corrected chi connectivity index (χ2v) is 8.08. The topological polar surface area (TPSA) is 63.5 Å². The largest absolute Gasteiger partial charge is 0.370 e. The third-order valence-electron chi connectivity index (χ3n) is 5.92. The van der Waals surface area contributed by atoms with Gasteiger partial charge in [-0.3, -0.25) is 19.2 Å². The minimum atomic E-state index is -0.0737. The lowest BCUT2D eigenvalue weighted by Crippen LogP contribution is -2.41. The number of hydrogen-bond acceptors (Lipinski definition) is 6. The number of pyridine rings is 1. The van der Waals surface area contributed by atoms with Crippen LogP contribution in [0.4, 0.5) is 5.95 Å². The highest BCUT2D eigenvalue weighted by molar-refractivity contribution is 5.59. The van der Waals surface area contributed by atoms with Crippen LogP contribution >= 0.6 is 0 Å². The molecule has 0 amide bonds. The van der Waals surface area contributed by atoms with E-state index < -0.39 is 0 Å². The predicted octanol–water partition coefficient (Wildman–Crippen LogP) is 2.37. The highest BCUT2D eigenvalue weighted by atomic mass is 16.5. The summed E-state index contributed by atoms with van der Waals surface area (Å²) >= 11 is 0. The van der Waals surface area contributed by atoms with Crippen molar-refractivity contribution in [2.75, 3.05) is 31.6 Å². The van der Waals surface area contributed by atoms with E-state index in [1.165, 1.54) is 16.7 Å². The minimum Gasteiger partial charge on any atom is -0.370 e. The third-order valence-corrected chi connectivity index (χ3v) is 5.92.